The van der Waals surface area contributed by atoms with E-state index in [2.05, 4.69) is 34.2 Å². The minimum atomic E-state index is -0.474. The van der Waals surface area contributed by atoms with Crippen LogP contribution in [0.5, 0.6) is 0 Å². The highest BCUT2D eigenvalue weighted by atomic mass is 16.5. The van der Waals surface area contributed by atoms with Gasteiger partial charge in [0.15, 0.2) is 0 Å². The predicted molar refractivity (Wildman–Crippen MR) is 75.7 cm³/mol. The molecule has 21 heavy (non-hydrogen) atoms. The molecule has 0 spiro atoms. The molecule has 3 rings (SSSR count). The number of hydrogen-bond donors (Lipinski definition) is 1. The Morgan fingerprint density at radius 1 is 1.24 bits per heavy atom. The van der Waals surface area contributed by atoms with Gasteiger partial charge in [-0.1, -0.05) is 19.0 Å². The van der Waals surface area contributed by atoms with E-state index in [4.69, 9.17) is 8.94 Å². The number of nitrogens with one attached hydrogen (secondary N) is 1. The van der Waals surface area contributed by atoms with Crippen LogP contribution in [0, 0.1) is 0 Å². The molecule has 2 unspecified atom stereocenters. The maximum atomic E-state index is 5.67. The monoisotopic (exact) mass is 286 g/mol. The first-order chi connectivity index (χ1) is 10.3. The molecule has 0 radical (unpaired) electrons. The summed E-state index contributed by atoms with van der Waals surface area (Å²) in [6, 6.07) is 3.87. The molecule has 2 atom stereocenters. The standard InChI is InChI=1S/C15H18N4O2/c1-3-11(12-5-7-17-18-12)15(4-2,13-6-9-21-19-13)14-16-8-10-20-14/h5-11H,3-4H2,1-2H3,(H,17,18). The predicted octanol–water partition coefficient (Wildman–Crippen LogP) is 3.28. The Kier molecular flexibility index (Phi) is 3.60. The van der Waals surface area contributed by atoms with Gasteiger partial charge in [0.05, 0.1) is 11.9 Å². The lowest BCUT2D eigenvalue weighted by Crippen LogP contribution is -2.35. The number of H-pyrrole nitrogens is 1. The third-order valence-electron chi connectivity index (χ3n) is 4.17. The number of aromatic amines is 1. The van der Waals surface area contributed by atoms with Gasteiger partial charge in [-0.3, -0.25) is 5.10 Å². The van der Waals surface area contributed by atoms with Crippen molar-refractivity contribution in [2.45, 2.75) is 38.0 Å². The van der Waals surface area contributed by atoms with Gasteiger partial charge in [-0.2, -0.15) is 5.10 Å². The Labute approximate surface area is 122 Å². The van der Waals surface area contributed by atoms with Gasteiger partial charge in [0, 0.05) is 23.9 Å². The lowest BCUT2D eigenvalue weighted by molar-refractivity contribution is 0.276. The molecule has 0 amide bonds. The molecule has 3 aromatic rings. The van der Waals surface area contributed by atoms with Gasteiger partial charge in [-0.25, -0.2) is 4.98 Å². The molecule has 0 aliphatic carbocycles. The summed E-state index contributed by atoms with van der Waals surface area (Å²) in [4.78, 5) is 4.41. The highest BCUT2D eigenvalue weighted by Crippen LogP contribution is 2.47. The summed E-state index contributed by atoms with van der Waals surface area (Å²) in [5.74, 6) is 0.772. The second kappa shape index (κ2) is 5.55. The Hall–Kier alpha value is -2.37. The molecular formula is C15H18N4O2. The molecule has 0 fully saturated rings. The number of oxazole rings is 1. The van der Waals surface area contributed by atoms with Gasteiger partial charge >= 0.3 is 0 Å². The molecule has 0 aliphatic rings. The van der Waals surface area contributed by atoms with E-state index in [1.807, 2.05) is 12.1 Å². The van der Waals surface area contributed by atoms with E-state index in [1.165, 1.54) is 0 Å². The Balaban J connectivity index is 2.20. The molecule has 6 nitrogen and oxygen atoms in total. The average molecular weight is 286 g/mol. The van der Waals surface area contributed by atoms with E-state index in [0.29, 0.717) is 5.89 Å². The fourth-order valence-electron chi connectivity index (χ4n) is 3.20. The first-order valence-electron chi connectivity index (χ1n) is 7.13. The van der Waals surface area contributed by atoms with Gasteiger partial charge in [0.25, 0.3) is 0 Å². The smallest absolute Gasteiger partial charge is 0.206 e. The highest BCUT2D eigenvalue weighted by molar-refractivity contribution is 5.32. The van der Waals surface area contributed by atoms with Gasteiger partial charge in [0.2, 0.25) is 5.89 Å². The van der Waals surface area contributed by atoms with E-state index < -0.39 is 5.41 Å². The van der Waals surface area contributed by atoms with Crippen molar-refractivity contribution in [3.63, 3.8) is 0 Å². The van der Waals surface area contributed by atoms with Crippen LogP contribution in [0.25, 0.3) is 0 Å². The van der Waals surface area contributed by atoms with Gasteiger partial charge in [-0.15, -0.1) is 0 Å². The van der Waals surface area contributed by atoms with Gasteiger partial charge in [0.1, 0.15) is 17.9 Å². The summed E-state index contributed by atoms with van der Waals surface area (Å²) in [5.41, 5.74) is 1.40. The number of rotatable bonds is 6. The molecule has 1 N–H and O–H groups in total. The summed E-state index contributed by atoms with van der Waals surface area (Å²) in [6.45, 7) is 4.25. The summed E-state index contributed by atoms with van der Waals surface area (Å²) < 4.78 is 10.8. The van der Waals surface area contributed by atoms with Crippen LogP contribution in [0.4, 0.5) is 0 Å². The van der Waals surface area contributed by atoms with Crippen molar-refractivity contribution in [1.82, 2.24) is 20.3 Å². The molecular weight excluding hydrogens is 268 g/mol. The molecule has 0 bridgehead atoms. The summed E-state index contributed by atoms with van der Waals surface area (Å²) >= 11 is 0. The minimum Gasteiger partial charge on any atom is -0.448 e. The molecule has 0 aromatic carbocycles. The van der Waals surface area contributed by atoms with Crippen LogP contribution in [0.2, 0.25) is 0 Å². The van der Waals surface area contributed by atoms with Crippen LogP contribution in [0.1, 0.15) is 49.9 Å². The van der Waals surface area contributed by atoms with Crippen molar-refractivity contribution < 1.29 is 8.94 Å². The van der Waals surface area contributed by atoms with Crippen molar-refractivity contribution in [2.75, 3.05) is 0 Å². The summed E-state index contributed by atoms with van der Waals surface area (Å²) in [5, 5.41) is 11.3. The van der Waals surface area contributed by atoms with Crippen molar-refractivity contribution in [3.8, 4) is 0 Å². The third kappa shape index (κ3) is 2.07. The fourth-order valence-corrected chi connectivity index (χ4v) is 3.20. The second-order valence-corrected chi connectivity index (χ2v) is 5.02. The fraction of sp³-hybridized carbons (Fsp3) is 0.400. The van der Waals surface area contributed by atoms with E-state index >= 15 is 0 Å². The molecule has 0 saturated heterocycles. The van der Waals surface area contributed by atoms with Crippen molar-refractivity contribution >= 4 is 0 Å². The van der Waals surface area contributed by atoms with Crippen molar-refractivity contribution in [3.05, 3.63) is 54.3 Å². The third-order valence-corrected chi connectivity index (χ3v) is 4.17. The zero-order chi connectivity index (χ0) is 14.7. The SMILES string of the molecule is CCC(c1ccn[nH]1)C(CC)(c1ccon1)c1ncco1. The number of nitrogens with zero attached hydrogens (tertiary/aromatic N) is 3. The largest absolute Gasteiger partial charge is 0.448 e. The maximum absolute atomic E-state index is 5.67. The van der Waals surface area contributed by atoms with E-state index in [-0.39, 0.29) is 5.92 Å². The van der Waals surface area contributed by atoms with E-state index in [0.717, 1.165) is 24.2 Å². The second-order valence-electron chi connectivity index (χ2n) is 5.02. The van der Waals surface area contributed by atoms with Crippen LogP contribution in [0.15, 0.2) is 46.0 Å². The maximum Gasteiger partial charge on any atom is 0.206 e. The highest BCUT2D eigenvalue weighted by Gasteiger charge is 2.47. The Morgan fingerprint density at radius 3 is 2.67 bits per heavy atom. The molecule has 3 heterocycles. The molecule has 3 aromatic heterocycles. The van der Waals surface area contributed by atoms with Gasteiger partial charge < -0.3 is 8.94 Å². The first kappa shape index (κ1) is 13.6. The molecule has 0 aliphatic heterocycles. The Morgan fingerprint density at radius 2 is 2.14 bits per heavy atom. The van der Waals surface area contributed by atoms with Crippen LogP contribution in [-0.4, -0.2) is 20.3 Å². The quantitative estimate of drug-likeness (QED) is 0.752. The molecule has 0 saturated carbocycles. The van der Waals surface area contributed by atoms with E-state index in [9.17, 15) is 0 Å². The molecule has 6 heteroatoms. The number of hydrogen-bond acceptors (Lipinski definition) is 5. The van der Waals surface area contributed by atoms with Crippen LogP contribution in [-0.2, 0) is 5.41 Å². The Bertz CT molecular complexity index is 610. The number of aromatic nitrogens is 4. The average Bonchev–Trinajstić information content (AvgIpc) is 3.27. The lowest BCUT2D eigenvalue weighted by atomic mass is 9.68. The van der Waals surface area contributed by atoms with Crippen LogP contribution in [0.3, 0.4) is 0 Å². The zero-order valence-electron chi connectivity index (χ0n) is 12.1. The van der Waals surface area contributed by atoms with Gasteiger partial charge in [-0.05, 0) is 18.9 Å². The van der Waals surface area contributed by atoms with E-state index in [1.54, 1.807) is 24.9 Å². The zero-order valence-corrected chi connectivity index (χ0v) is 12.1. The van der Waals surface area contributed by atoms with Crippen LogP contribution >= 0.6 is 0 Å². The summed E-state index contributed by atoms with van der Waals surface area (Å²) in [6.07, 6.45) is 8.29. The lowest BCUT2D eigenvalue weighted by Gasteiger charge is -2.34. The van der Waals surface area contributed by atoms with Crippen molar-refractivity contribution in [1.29, 1.82) is 0 Å². The molecule has 110 valence electrons. The summed E-state index contributed by atoms with van der Waals surface area (Å²) in [7, 11) is 0. The first-order valence-corrected chi connectivity index (χ1v) is 7.13. The normalized spacial score (nSPS) is 15.7. The minimum absolute atomic E-state index is 0.119. The topological polar surface area (TPSA) is 80.7 Å². The van der Waals surface area contributed by atoms with Crippen LogP contribution < -0.4 is 0 Å². The van der Waals surface area contributed by atoms with Crippen molar-refractivity contribution in [2.24, 2.45) is 0 Å².